The van der Waals surface area contributed by atoms with E-state index in [0.717, 1.165) is 16.8 Å². The van der Waals surface area contributed by atoms with Crippen molar-refractivity contribution >= 4 is 5.69 Å². The van der Waals surface area contributed by atoms with Gasteiger partial charge in [-0.3, -0.25) is 0 Å². The summed E-state index contributed by atoms with van der Waals surface area (Å²) in [6.45, 7) is 3.83. The van der Waals surface area contributed by atoms with E-state index in [2.05, 4.69) is 6.07 Å². The first kappa shape index (κ1) is 8.61. The van der Waals surface area contributed by atoms with Gasteiger partial charge >= 0.3 is 0 Å². The molecule has 0 aliphatic rings. The molecule has 0 bridgehead atoms. The highest BCUT2D eigenvalue weighted by molar-refractivity contribution is 5.48. The first-order valence-corrected chi connectivity index (χ1v) is 3.91. The first-order valence-electron chi connectivity index (χ1n) is 3.91. The molecule has 0 aromatic heterocycles. The lowest BCUT2D eigenvalue weighted by Crippen LogP contribution is -1.94. The zero-order valence-corrected chi connectivity index (χ0v) is 7.33. The van der Waals surface area contributed by atoms with Crippen molar-refractivity contribution in [3.8, 4) is 6.07 Å². The van der Waals surface area contributed by atoms with Gasteiger partial charge < -0.3 is 5.73 Å². The second-order valence-electron chi connectivity index (χ2n) is 2.97. The fourth-order valence-electron chi connectivity index (χ4n) is 1.04. The second-order valence-corrected chi connectivity index (χ2v) is 2.97. The number of nitrogen functional groups attached to an aromatic ring is 1. The van der Waals surface area contributed by atoms with E-state index in [9.17, 15) is 0 Å². The topological polar surface area (TPSA) is 49.8 Å². The molecule has 62 valence electrons. The van der Waals surface area contributed by atoms with Crippen LogP contribution in [-0.2, 0) is 0 Å². The summed E-state index contributed by atoms with van der Waals surface area (Å²) >= 11 is 0. The van der Waals surface area contributed by atoms with Crippen LogP contribution in [0.4, 0.5) is 5.69 Å². The van der Waals surface area contributed by atoms with E-state index in [0.29, 0.717) is 0 Å². The van der Waals surface area contributed by atoms with Crippen LogP contribution in [0.15, 0.2) is 18.2 Å². The second kappa shape index (κ2) is 3.27. The van der Waals surface area contributed by atoms with Gasteiger partial charge in [-0.25, -0.2) is 0 Å². The van der Waals surface area contributed by atoms with Crippen LogP contribution in [0.1, 0.15) is 24.0 Å². The van der Waals surface area contributed by atoms with Gasteiger partial charge in [0, 0.05) is 5.69 Å². The summed E-state index contributed by atoms with van der Waals surface area (Å²) in [5.41, 5.74) is 8.50. The Balaban J connectivity index is 3.06. The van der Waals surface area contributed by atoms with Gasteiger partial charge in [-0.1, -0.05) is 12.1 Å². The number of nitriles is 1. The molecule has 1 unspecified atom stereocenters. The molecular weight excluding hydrogens is 148 g/mol. The predicted octanol–water partition coefficient (Wildman–Crippen LogP) is 2.20. The zero-order valence-electron chi connectivity index (χ0n) is 7.33. The molecule has 0 radical (unpaired) electrons. The lowest BCUT2D eigenvalue weighted by molar-refractivity contribution is 0.979. The van der Waals surface area contributed by atoms with Gasteiger partial charge in [-0.05, 0) is 31.0 Å². The Morgan fingerprint density at radius 2 is 2.17 bits per heavy atom. The fraction of sp³-hybridized carbons (Fsp3) is 0.300. The number of rotatable bonds is 1. The van der Waals surface area contributed by atoms with Crippen LogP contribution in [0.2, 0.25) is 0 Å². The van der Waals surface area contributed by atoms with E-state index >= 15 is 0 Å². The van der Waals surface area contributed by atoms with Gasteiger partial charge in [0.1, 0.15) is 0 Å². The van der Waals surface area contributed by atoms with Crippen molar-refractivity contribution in [2.75, 3.05) is 5.73 Å². The minimum atomic E-state index is -0.0516. The largest absolute Gasteiger partial charge is 0.399 e. The highest BCUT2D eigenvalue weighted by atomic mass is 14.5. The van der Waals surface area contributed by atoms with Crippen LogP contribution in [0.3, 0.4) is 0 Å². The Bertz CT molecular complexity index is 323. The van der Waals surface area contributed by atoms with E-state index in [1.165, 1.54) is 0 Å². The average Bonchev–Trinajstić information content (AvgIpc) is 2.08. The summed E-state index contributed by atoms with van der Waals surface area (Å²) < 4.78 is 0. The van der Waals surface area contributed by atoms with E-state index in [1.807, 2.05) is 32.0 Å². The standard InChI is InChI=1S/C10H12N2/c1-7-5-9(8(2)6-11)3-4-10(7)12/h3-5,8H,12H2,1-2H3. The minimum absolute atomic E-state index is 0.0516. The number of anilines is 1. The molecule has 0 saturated heterocycles. The van der Waals surface area contributed by atoms with E-state index in [-0.39, 0.29) is 5.92 Å². The molecule has 2 heteroatoms. The van der Waals surface area contributed by atoms with Crippen molar-refractivity contribution in [3.63, 3.8) is 0 Å². The molecule has 2 N–H and O–H groups in total. The minimum Gasteiger partial charge on any atom is -0.399 e. The summed E-state index contributed by atoms with van der Waals surface area (Å²) in [7, 11) is 0. The van der Waals surface area contributed by atoms with Gasteiger partial charge in [0.25, 0.3) is 0 Å². The number of benzene rings is 1. The van der Waals surface area contributed by atoms with E-state index in [1.54, 1.807) is 0 Å². The van der Waals surface area contributed by atoms with Crippen molar-refractivity contribution in [3.05, 3.63) is 29.3 Å². The number of hydrogen-bond donors (Lipinski definition) is 1. The Morgan fingerprint density at radius 3 is 2.67 bits per heavy atom. The fourth-order valence-corrected chi connectivity index (χ4v) is 1.04. The highest BCUT2D eigenvalue weighted by Crippen LogP contribution is 2.19. The lowest BCUT2D eigenvalue weighted by Gasteiger charge is -2.05. The van der Waals surface area contributed by atoms with Crippen LogP contribution >= 0.6 is 0 Å². The number of aryl methyl sites for hydroxylation is 1. The molecule has 0 amide bonds. The van der Waals surface area contributed by atoms with Crippen molar-refractivity contribution in [1.82, 2.24) is 0 Å². The molecule has 0 heterocycles. The average molecular weight is 160 g/mol. The maximum Gasteiger partial charge on any atom is 0.0700 e. The number of nitrogens with zero attached hydrogens (tertiary/aromatic N) is 1. The van der Waals surface area contributed by atoms with Crippen LogP contribution in [0, 0.1) is 18.3 Å². The van der Waals surface area contributed by atoms with Gasteiger partial charge in [0.15, 0.2) is 0 Å². The van der Waals surface area contributed by atoms with E-state index in [4.69, 9.17) is 11.0 Å². The van der Waals surface area contributed by atoms with Gasteiger partial charge in [0.05, 0.1) is 12.0 Å². The van der Waals surface area contributed by atoms with Gasteiger partial charge in [-0.2, -0.15) is 5.26 Å². The molecule has 0 aliphatic heterocycles. The SMILES string of the molecule is Cc1cc(C(C)C#N)ccc1N. The molecular formula is C10H12N2. The summed E-state index contributed by atoms with van der Waals surface area (Å²) in [6.07, 6.45) is 0. The lowest BCUT2D eigenvalue weighted by atomic mass is 10.00. The quantitative estimate of drug-likeness (QED) is 0.640. The van der Waals surface area contributed by atoms with Crippen molar-refractivity contribution < 1.29 is 0 Å². The van der Waals surface area contributed by atoms with Crippen molar-refractivity contribution in [2.45, 2.75) is 19.8 Å². The molecule has 2 nitrogen and oxygen atoms in total. The molecule has 0 spiro atoms. The number of hydrogen-bond acceptors (Lipinski definition) is 2. The Hall–Kier alpha value is -1.49. The molecule has 0 fully saturated rings. The van der Waals surface area contributed by atoms with Crippen molar-refractivity contribution in [2.24, 2.45) is 0 Å². The Morgan fingerprint density at radius 1 is 1.50 bits per heavy atom. The van der Waals surface area contributed by atoms with Crippen LogP contribution in [0.25, 0.3) is 0 Å². The molecule has 1 atom stereocenters. The molecule has 0 aliphatic carbocycles. The van der Waals surface area contributed by atoms with Crippen LogP contribution < -0.4 is 5.73 Å². The molecule has 1 aromatic carbocycles. The normalized spacial score (nSPS) is 12.1. The summed E-state index contributed by atoms with van der Waals surface area (Å²) in [4.78, 5) is 0. The number of nitrogens with two attached hydrogens (primary N) is 1. The maximum atomic E-state index is 8.67. The van der Waals surface area contributed by atoms with Gasteiger partial charge in [0.2, 0.25) is 0 Å². The Kier molecular flexibility index (Phi) is 2.35. The predicted molar refractivity (Wildman–Crippen MR) is 49.6 cm³/mol. The Labute approximate surface area is 72.6 Å². The third-order valence-electron chi connectivity index (χ3n) is 1.99. The third-order valence-corrected chi connectivity index (χ3v) is 1.99. The smallest absolute Gasteiger partial charge is 0.0700 e. The molecule has 1 aromatic rings. The first-order chi connectivity index (χ1) is 5.65. The van der Waals surface area contributed by atoms with Crippen LogP contribution in [0.5, 0.6) is 0 Å². The molecule has 1 rings (SSSR count). The van der Waals surface area contributed by atoms with E-state index < -0.39 is 0 Å². The summed E-state index contributed by atoms with van der Waals surface area (Å²) in [5.74, 6) is -0.0516. The monoisotopic (exact) mass is 160 g/mol. The zero-order chi connectivity index (χ0) is 9.14. The third kappa shape index (κ3) is 1.57. The molecule has 12 heavy (non-hydrogen) atoms. The maximum absolute atomic E-state index is 8.67. The summed E-state index contributed by atoms with van der Waals surface area (Å²) in [6, 6.07) is 7.89. The van der Waals surface area contributed by atoms with Gasteiger partial charge in [-0.15, -0.1) is 0 Å². The highest BCUT2D eigenvalue weighted by Gasteiger charge is 2.03. The van der Waals surface area contributed by atoms with Crippen LogP contribution in [-0.4, -0.2) is 0 Å². The molecule has 0 saturated carbocycles. The summed E-state index contributed by atoms with van der Waals surface area (Å²) in [5, 5.41) is 8.67. The van der Waals surface area contributed by atoms with Crippen molar-refractivity contribution in [1.29, 1.82) is 5.26 Å².